The standard InChI is InChI=1S/C20H24N4O4S3/c1-6-16-11-29-19(22-16)20(5,15-7-9-17(10-8-15)23-31(26,27)28)24(14(4)25)18-12(2)30-13(3)21-18/h7-11,23H,6H2,1-5H3,(H,26,27,28)/t20-/m0/s1. The minimum absolute atomic E-state index is 0.190. The van der Waals surface area contributed by atoms with Crippen molar-refractivity contribution in [2.24, 2.45) is 0 Å². The van der Waals surface area contributed by atoms with Crippen LogP contribution in [-0.4, -0.2) is 28.8 Å². The molecule has 11 heteroatoms. The second-order valence-electron chi connectivity index (χ2n) is 7.19. The molecule has 31 heavy (non-hydrogen) atoms. The Bertz CT molecular complexity index is 1200. The van der Waals surface area contributed by atoms with E-state index in [1.54, 1.807) is 17.0 Å². The van der Waals surface area contributed by atoms with E-state index >= 15 is 0 Å². The number of benzene rings is 1. The third kappa shape index (κ3) is 4.79. The van der Waals surface area contributed by atoms with Gasteiger partial charge in [0.15, 0.2) is 5.82 Å². The molecule has 166 valence electrons. The summed E-state index contributed by atoms with van der Waals surface area (Å²) in [6.07, 6.45) is 0.763. The van der Waals surface area contributed by atoms with Gasteiger partial charge < -0.3 is 0 Å². The third-order valence-electron chi connectivity index (χ3n) is 4.88. The molecule has 0 unspecified atom stereocenters. The summed E-state index contributed by atoms with van der Waals surface area (Å²) in [7, 11) is -4.39. The maximum Gasteiger partial charge on any atom is 0.357 e. The molecule has 0 saturated heterocycles. The predicted molar refractivity (Wildman–Crippen MR) is 124 cm³/mol. The van der Waals surface area contributed by atoms with E-state index in [1.807, 2.05) is 37.8 Å². The van der Waals surface area contributed by atoms with Crippen LogP contribution in [0.25, 0.3) is 0 Å². The van der Waals surface area contributed by atoms with Gasteiger partial charge in [-0.25, -0.2) is 9.97 Å². The Labute approximate surface area is 189 Å². The van der Waals surface area contributed by atoms with Gasteiger partial charge in [0.05, 0.1) is 16.4 Å². The zero-order chi connectivity index (χ0) is 23.0. The zero-order valence-corrected chi connectivity index (χ0v) is 20.3. The van der Waals surface area contributed by atoms with Crippen molar-refractivity contribution in [3.63, 3.8) is 0 Å². The van der Waals surface area contributed by atoms with Gasteiger partial charge in [-0.05, 0) is 44.9 Å². The van der Waals surface area contributed by atoms with E-state index in [4.69, 9.17) is 9.54 Å². The van der Waals surface area contributed by atoms with E-state index in [-0.39, 0.29) is 11.6 Å². The van der Waals surface area contributed by atoms with Crippen LogP contribution in [0.2, 0.25) is 0 Å². The van der Waals surface area contributed by atoms with Crippen molar-refractivity contribution < 1.29 is 17.8 Å². The van der Waals surface area contributed by atoms with Crippen LogP contribution in [0.1, 0.15) is 46.9 Å². The largest absolute Gasteiger partial charge is 0.357 e. The minimum atomic E-state index is -4.39. The molecule has 0 aliphatic rings. The smallest absolute Gasteiger partial charge is 0.279 e. The van der Waals surface area contributed by atoms with Crippen LogP contribution in [-0.2, 0) is 27.1 Å². The average molecular weight is 481 g/mol. The number of aryl methyl sites for hydroxylation is 3. The van der Waals surface area contributed by atoms with Gasteiger partial charge in [0, 0.05) is 17.2 Å². The molecule has 3 rings (SSSR count). The van der Waals surface area contributed by atoms with E-state index in [0.717, 1.165) is 32.6 Å². The lowest BCUT2D eigenvalue weighted by atomic mass is 9.89. The van der Waals surface area contributed by atoms with Gasteiger partial charge in [0.1, 0.15) is 10.5 Å². The summed E-state index contributed by atoms with van der Waals surface area (Å²) in [5.41, 5.74) is 0.875. The predicted octanol–water partition coefficient (Wildman–Crippen LogP) is 4.31. The van der Waals surface area contributed by atoms with Crippen LogP contribution >= 0.6 is 22.7 Å². The monoisotopic (exact) mass is 480 g/mol. The summed E-state index contributed by atoms with van der Waals surface area (Å²) in [6.45, 7) is 9.24. The average Bonchev–Trinajstić information content (AvgIpc) is 3.27. The first kappa shape index (κ1) is 23.3. The van der Waals surface area contributed by atoms with Crippen LogP contribution in [0.15, 0.2) is 29.6 Å². The van der Waals surface area contributed by atoms with Crippen LogP contribution in [0, 0.1) is 13.8 Å². The number of carbonyl (C=O) groups is 1. The summed E-state index contributed by atoms with van der Waals surface area (Å²) >= 11 is 2.98. The van der Waals surface area contributed by atoms with Gasteiger partial charge in [-0.3, -0.25) is 19.0 Å². The van der Waals surface area contributed by atoms with E-state index < -0.39 is 15.8 Å². The number of thiazole rings is 2. The lowest BCUT2D eigenvalue weighted by Crippen LogP contribution is -2.48. The Hall–Kier alpha value is -2.34. The zero-order valence-electron chi connectivity index (χ0n) is 17.8. The van der Waals surface area contributed by atoms with Gasteiger partial charge in [-0.2, -0.15) is 8.42 Å². The maximum absolute atomic E-state index is 13.0. The Morgan fingerprint density at radius 3 is 2.32 bits per heavy atom. The summed E-state index contributed by atoms with van der Waals surface area (Å²) in [4.78, 5) is 24.9. The molecular formula is C20H24N4O4S3. The van der Waals surface area contributed by atoms with Crippen LogP contribution in [0.5, 0.6) is 0 Å². The molecule has 0 saturated carbocycles. The van der Waals surface area contributed by atoms with E-state index in [1.165, 1.54) is 41.7 Å². The van der Waals surface area contributed by atoms with Gasteiger partial charge >= 0.3 is 10.3 Å². The molecule has 3 aromatic rings. The molecule has 0 radical (unpaired) electrons. The van der Waals surface area contributed by atoms with E-state index in [0.29, 0.717) is 5.82 Å². The molecule has 2 heterocycles. The molecule has 8 nitrogen and oxygen atoms in total. The van der Waals surface area contributed by atoms with Crippen molar-refractivity contribution in [3.05, 3.63) is 55.8 Å². The van der Waals surface area contributed by atoms with Gasteiger partial charge in [-0.1, -0.05) is 19.1 Å². The first-order chi connectivity index (χ1) is 14.5. The van der Waals surface area contributed by atoms with Crippen LogP contribution in [0.4, 0.5) is 11.5 Å². The fourth-order valence-electron chi connectivity index (χ4n) is 3.45. The highest BCUT2D eigenvalue weighted by Crippen LogP contribution is 2.42. The maximum atomic E-state index is 13.0. The van der Waals surface area contributed by atoms with Crippen molar-refractivity contribution in [2.45, 2.75) is 46.6 Å². The molecule has 0 aliphatic heterocycles. The molecule has 1 aromatic carbocycles. The minimum Gasteiger partial charge on any atom is -0.279 e. The molecule has 1 amide bonds. The number of hydrogen-bond acceptors (Lipinski definition) is 7. The fourth-order valence-corrected chi connectivity index (χ4v) is 5.77. The second kappa shape index (κ2) is 8.65. The number of nitrogens with one attached hydrogen (secondary N) is 1. The summed E-state index contributed by atoms with van der Waals surface area (Å²) in [6, 6.07) is 6.50. The summed E-state index contributed by atoms with van der Waals surface area (Å²) < 4.78 is 33.4. The molecule has 2 N–H and O–H groups in total. The Morgan fingerprint density at radius 1 is 1.23 bits per heavy atom. The SMILES string of the molecule is CCc1csc([C@](C)(c2ccc(NS(=O)(=O)O)cc2)N(C(C)=O)c2nc(C)sc2C)n1. The van der Waals surface area contributed by atoms with Gasteiger partial charge in [0.2, 0.25) is 5.91 Å². The van der Waals surface area contributed by atoms with E-state index in [9.17, 15) is 13.2 Å². The van der Waals surface area contributed by atoms with Crippen molar-refractivity contribution >= 4 is 50.4 Å². The molecule has 2 aromatic heterocycles. The van der Waals surface area contributed by atoms with Gasteiger partial charge in [-0.15, -0.1) is 22.7 Å². The Balaban J connectivity index is 2.22. The van der Waals surface area contributed by atoms with Crippen LogP contribution in [0.3, 0.4) is 0 Å². The number of aromatic nitrogens is 2. The molecule has 0 fully saturated rings. The van der Waals surface area contributed by atoms with Crippen molar-refractivity contribution in [3.8, 4) is 0 Å². The van der Waals surface area contributed by atoms with Crippen molar-refractivity contribution in [1.82, 2.24) is 9.97 Å². The highest BCUT2D eigenvalue weighted by molar-refractivity contribution is 7.87. The number of nitrogens with zero attached hydrogens (tertiary/aromatic N) is 3. The van der Waals surface area contributed by atoms with Gasteiger partial charge in [0.25, 0.3) is 0 Å². The lowest BCUT2D eigenvalue weighted by molar-refractivity contribution is -0.117. The number of hydrogen-bond donors (Lipinski definition) is 2. The second-order valence-corrected chi connectivity index (χ2v) is 10.6. The van der Waals surface area contributed by atoms with Crippen LogP contribution < -0.4 is 9.62 Å². The number of rotatable bonds is 7. The fraction of sp³-hybridized carbons (Fsp3) is 0.350. The number of amides is 1. The molecular weight excluding hydrogens is 456 g/mol. The first-order valence-corrected chi connectivity index (χ1v) is 12.6. The topological polar surface area (TPSA) is 112 Å². The quantitative estimate of drug-likeness (QED) is 0.487. The molecule has 0 spiro atoms. The lowest BCUT2D eigenvalue weighted by Gasteiger charge is -2.39. The molecule has 0 aliphatic carbocycles. The first-order valence-electron chi connectivity index (χ1n) is 9.51. The Morgan fingerprint density at radius 2 is 1.87 bits per heavy atom. The number of anilines is 2. The Kier molecular flexibility index (Phi) is 6.51. The molecule has 0 bridgehead atoms. The highest BCUT2D eigenvalue weighted by atomic mass is 32.2. The molecule has 1 atom stereocenters. The van der Waals surface area contributed by atoms with Crippen molar-refractivity contribution in [1.29, 1.82) is 0 Å². The normalized spacial score (nSPS) is 13.6. The highest BCUT2D eigenvalue weighted by Gasteiger charge is 2.43. The summed E-state index contributed by atoms with van der Waals surface area (Å²) in [5.74, 6) is 0.384. The number of carbonyl (C=O) groups excluding carboxylic acids is 1. The summed E-state index contributed by atoms with van der Waals surface area (Å²) in [5, 5.41) is 3.54. The third-order valence-corrected chi connectivity index (χ3v) is 7.35. The van der Waals surface area contributed by atoms with E-state index in [2.05, 4.69) is 4.98 Å². The van der Waals surface area contributed by atoms with Crippen molar-refractivity contribution in [2.75, 3.05) is 9.62 Å².